The summed E-state index contributed by atoms with van der Waals surface area (Å²) in [6.07, 6.45) is 2.65. The van der Waals surface area contributed by atoms with Crippen LogP contribution < -0.4 is 15.4 Å². The summed E-state index contributed by atoms with van der Waals surface area (Å²) in [6.45, 7) is 4.12. The molecule has 2 N–H and O–H groups in total. The Morgan fingerprint density at radius 1 is 1.25 bits per heavy atom. The van der Waals surface area contributed by atoms with Crippen molar-refractivity contribution in [1.29, 1.82) is 0 Å². The molecule has 6 heteroatoms. The van der Waals surface area contributed by atoms with Gasteiger partial charge in [-0.3, -0.25) is 4.98 Å². The van der Waals surface area contributed by atoms with Crippen molar-refractivity contribution in [2.75, 3.05) is 20.2 Å². The van der Waals surface area contributed by atoms with Crippen LogP contribution in [-0.2, 0) is 13.0 Å². The molecule has 0 unspecified atom stereocenters. The standard InChI is InChI=1S/C18H23ClN4O/c1-3-20-18(22-11-9-16-6-4-5-10-21-16)23-13-14-7-8-15(19)12-17(14)24-2/h4-8,10,12H,3,9,11,13H2,1-2H3,(H2,20,22,23). The molecule has 1 heterocycles. The topological polar surface area (TPSA) is 58.5 Å². The Morgan fingerprint density at radius 2 is 2.12 bits per heavy atom. The number of methoxy groups -OCH3 is 1. The fraction of sp³-hybridized carbons (Fsp3) is 0.333. The minimum Gasteiger partial charge on any atom is -0.496 e. The second-order valence-electron chi connectivity index (χ2n) is 5.15. The van der Waals surface area contributed by atoms with Crippen molar-refractivity contribution in [3.8, 4) is 5.75 Å². The quantitative estimate of drug-likeness (QED) is 0.597. The largest absolute Gasteiger partial charge is 0.496 e. The number of nitrogens with one attached hydrogen (secondary N) is 2. The summed E-state index contributed by atoms with van der Waals surface area (Å²) in [4.78, 5) is 8.92. The summed E-state index contributed by atoms with van der Waals surface area (Å²) >= 11 is 5.99. The number of halogens is 1. The lowest BCUT2D eigenvalue weighted by Crippen LogP contribution is -2.38. The summed E-state index contributed by atoms with van der Waals surface area (Å²) in [5.74, 6) is 1.51. The van der Waals surface area contributed by atoms with Crippen LogP contribution in [0.15, 0.2) is 47.6 Å². The van der Waals surface area contributed by atoms with Crippen molar-refractivity contribution in [1.82, 2.24) is 15.6 Å². The summed E-state index contributed by atoms with van der Waals surface area (Å²) in [5, 5.41) is 7.21. The van der Waals surface area contributed by atoms with Gasteiger partial charge in [0.25, 0.3) is 0 Å². The zero-order valence-electron chi connectivity index (χ0n) is 14.1. The number of aromatic nitrogens is 1. The fourth-order valence-electron chi connectivity index (χ4n) is 2.21. The van der Waals surface area contributed by atoms with E-state index in [1.54, 1.807) is 19.4 Å². The van der Waals surface area contributed by atoms with Crippen molar-refractivity contribution in [3.63, 3.8) is 0 Å². The number of guanidine groups is 1. The molecule has 5 nitrogen and oxygen atoms in total. The number of benzene rings is 1. The number of hydrogen-bond acceptors (Lipinski definition) is 3. The smallest absolute Gasteiger partial charge is 0.191 e. The first kappa shape index (κ1) is 18.1. The third-order valence-corrected chi connectivity index (χ3v) is 3.64. The molecule has 0 bridgehead atoms. The average Bonchev–Trinajstić information content (AvgIpc) is 2.61. The van der Waals surface area contributed by atoms with Crippen LogP contribution in [0.5, 0.6) is 5.75 Å². The molecule has 0 saturated carbocycles. The average molecular weight is 347 g/mol. The maximum atomic E-state index is 5.99. The molecule has 0 amide bonds. The highest BCUT2D eigenvalue weighted by Crippen LogP contribution is 2.23. The highest BCUT2D eigenvalue weighted by atomic mass is 35.5. The number of pyridine rings is 1. The number of hydrogen-bond donors (Lipinski definition) is 2. The van der Waals surface area contributed by atoms with Gasteiger partial charge in [0.1, 0.15) is 5.75 Å². The third-order valence-electron chi connectivity index (χ3n) is 3.40. The van der Waals surface area contributed by atoms with E-state index in [-0.39, 0.29) is 0 Å². The summed E-state index contributed by atoms with van der Waals surface area (Å²) in [6, 6.07) is 11.5. The molecule has 0 fully saturated rings. The van der Waals surface area contributed by atoms with Crippen molar-refractivity contribution in [2.24, 2.45) is 4.99 Å². The minimum absolute atomic E-state index is 0.513. The molecular formula is C18H23ClN4O. The molecule has 2 rings (SSSR count). The number of rotatable bonds is 7. The van der Waals surface area contributed by atoms with Gasteiger partial charge >= 0.3 is 0 Å². The molecule has 0 aliphatic rings. The Hall–Kier alpha value is -2.27. The van der Waals surface area contributed by atoms with Crippen LogP contribution in [0.25, 0.3) is 0 Å². The minimum atomic E-state index is 0.513. The van der Waals surface area contributed by atoms with Crippen molar-refractivity contribution in [2.45, 2.75) is 19.9 Å². The second-order valence-corrected chi connectivity index (χ2v) is 5.59. The summed E-state index contributed by atoms with van der Waals surface area (Å²) in [7, 11) is 1.63. The Bertz CT molecular complexity index is 661. The molecule has 24 heavy (non-hydrogen) atoms. The van der Waals surface area contributed by atoms with E-state index >= 15 is 0 Å². The summed E-state index contributed by atoms with van der Waals surface area (Å²) in [5.41, 5.74) is 2.05. The fourth-order valence-corrected chi connectivity index (χ4v) is 2.37. The predicted molar refractivity (Wildman–Crippen MR) is 98.8 cm³/mol. The van der Waals surface area contributed by atoms with E-state index in [2.05, 4.69) is 20.6 Å². The molecule has 0 saturated heterocycles. The van der Waals surface area contributed by atoms with Crippen LogP contribution in [0.4, 0.5) is 0 Å². The first-order valence-electron chi connectivity index (χ1n) is 7.97. The Balaban J connectivity index is 1.95. The van der Waals surface area contributed by atoms with E-state index in [1.807, 2.05) is 37.3 Å². The molecule has 0 radical (unpaired) electrons. The third kappa shape index (κ3) is 5.74. The first-order valence-corrected chi connectivity index (χ1v) is 8.35. The van der Waals surface area contributed by atoms with Gasteiger partial charge in [0.15, 0.2) is 5.96 Å². The van der Waals surface area contributed by atoms with Gasteiger partial charge in [-0.15, -0.1) is 0 Å². The molecular weight excluding hydrogens is 324 g/mol. The van der Waals surface area contributed by atoms with Crippen LogP contribution in [0.1, 0.15) is 18.2 Å². The van der Waals surface area contributed by atoms with Crippen molar-refractivity contribution in [3.05, 3.63) is 58.9 Å². The van der Waals surface area contributed by atoms with Crippen LogP contribution in [-0.4, -0.2) is 31.1 Å². The van der Waals surface area contributed by atoms with Gasteiger partial charge in [0.05, 0.1) is 13.7 Å². The number of nitrogens with zero attached hydrogens (tertiary/aromatic N) is 2. The number of aliphatic imine (C=N–C) groups is 1. The second kappa shape index (κ2) is 9.78. The van der Waals surface area contributed by atoms with Gasteiger partial charge in [-0.25, -0.2) is 4.99 Å². The van der Waals surface area contributed by atoms with Crippen LogP contribution in [0, 0.1) is 0 Å². The highest BCUT2D eigenvalue weighted by Gasteiger charge is 2.04. The molecule has 0 atom stereocenters. The molecule has 1 aromatic heterocycles. The van der Waals surface area contributed by atoms with Gasteiger partial charge in [-0.1, -0.05) is 23.7 Å². The molecule has 0 aliphatic heterocycles. The SMILES string of the molecule is CCNC(=NCc1ccc(Cl)cc1OC)NCCc1ccccn1. The van der Waals surface area contributed by atoms with E-state index in [0.717, 1.165) is 42.5 Å². The van der Waals surface area contributed by atoms with E-state index < -0.39 is 0 Å². The van der Waals surface area contributed by atoms with Crippen LogP contribution >= 0.6 is 11.6 Å². The maximum absolute atomic E-state index is 5.99. The Kier molecular flexibility index (Phi) is 7.36. The molecule has 0 aliphatic carbocycles. The van der Waals surface area contributed by atoms with Crippen LogP contribution in [0.2, 0.25) is 5.02 Å². The summed E-state index contributed by atoms with van der Waals surface area (Å²) < 4.78 is 5.35. The van der Waals surface area contributed by atoms with E-state index in [4.69, 9.17) is 16.3 Å². The lowest BCUT2D eigenvalue weighted by atomic mass is 10.2. The lowest BCUT2D eigenvalue weighted by molar-refractivity contribution is 0.410. The molecule has 2 aromatic rings. The zero-order valence-corrected chi connectivity index (χ0v) is 14.8. The van der Waals surface area contributed by atoms with Gasteiger partial charge in [0, 0.05) is 42.0 Å². The van der Waals surface area contributed by atoms with E-state index in [9.17, 15) is 0 Å². The lowest BCUT2D eigenvalue weighted by Gasteiger charge is -2.12. The Morgan fingerprint density at radius 3 is 2.83 bits per heavy atom. The van der Waals surface area contributed by atoms with Crippen molar-refractivity contribution >= 4 is 17.6 Å². The first-order chi connectivity index (χ1) is 11.7. The van der Waals surface area contributed by atoms with Crippen LogP contribution in [0.3, 0.4) is 0 Å². The van der Waals surface area contributed by atoms with Gasteiger partial charge in [0.2, 0.25) is 0 Å². The monoisotopic (exact) mass is 346 g/mol. The zero-order chi connectivity index (χ0) is 17.2. The highest BCUT2D eigenvalue weighted by molar-refractivity contribution is 6.30. The predicted octanol–water partition coefficient (Wildman–Crippen LogP) is 3.04. The van der Waals surface area contributed by atoms with E-state index in [1.165, 1.54) is 0 Å². The number of ether oxygens (including phenoxy) is 1. The van der Waals surface area contributed by atoms with Gasteiger partial charge < -0.3 is 15.4 Å². The van der Waals surface area contributed by atoms with Gasteiger partial charge in [-0.05, 0) is 31.2 Å². The molecule has 1 aromatic carbocycles. The molecule has 0 spiro atoms. The van der Waals surface area contributed by atoms with Crippen molar-refractivity contribution < 1.29 is 4.74 Å². The normalized spacial score (nSPS) is 11.2. The Labute approximate surface area is 148 Å². The van der Waals surface area contributed by atoms with Gasteiger partial charge in [-0.2, -0.15) is 0 Å². The maximum Gasteiger partial charge on any atom is 0.191 e. The van der Waals surface area contributed by atoms with E-state index in [0.29, 0.717) is 11.6 Å². The molecule has 128 valence electrons.